The Morgan fingerprint density at radius 2 is 2.15 bits per heavy atom. The molecule has 0 saturated carbocycles. The second-order valence-corrected chi connectivity index (χ2v) is 4.85. The van der Waals surface area contributed by atoms with Crippen LogP contribution in [0.25, 0.3) is 0 Å². The Kier molecular flexibility index (Phi) is 4.39. The highest BCUT2D eigenvalue weighted by molar-refractivity contribution is 5.30. The molecule has 4 nitrogen and oxygen atoms in total. The van der Waals surface area contributed by atoms with Gasteiger partial charge >= 0.3 is 0 Å². The molecule has 2 aromatic rings. The summed E-state index contributed by atoms with van der Waals surface area (Å²) in [4.78, 5) is 0. The molecule has 5 heteroatoms. The maximum Gasteiger partial charge on any atom is 0.131 e. The minimum absolute atomic E-state index is 0.326. The van der Waals surface area contributed by atoms with Crippen molar-refractivity contribution in [3.8, 4) is 5.75 Å². The molecular formula is C15H20FN3O. The molecule has 0 bridgehead atoms. The van der Waals surface area contributed by atoms with E-state index in [-0.39, 0.29) is 11.9 Å². The fraction of sp³-hybridized carbons (Fsp3) is 0.400. The van der Waals surface area contributed by atoms with Crippen molar-refractivity contribution in [3.05, 3.63) is 47.0 Å². The maximum absolute atomic E-state index is 13.8. The van der Waals surface area contributed by atoms with Crippen molar-refractivity contribution in [2.45, 2.75) is 40.0 Å². The van der Waals surface area contributed by atoms with Gasteiger partial charge in [-0.15, -0.1) is 0 Å². The first kappa shape index (κ1) is 14.5. The van der Waals surface area contributed by atoms with E-state index in [0.717, 1.165) is 17.9 Å². The molecule has 0 radical (unpaired) electrons. The Hall–Kier alpha value is -1.88. The monoisotopic (exact) mass is 277 g/mol. The van der Waals surface area contributed by atoms with E-state index in [9.17, 15) is 4.39 Å². The normalized spacial score (nSPS) is 12.4. The number of rotatable bonds is 5. The van der Waals surface area contributed by atoms with E-state index < -0.39 is 0 Å². The third-order valence-corrected chi connectivity index (χ3v) is 3.13. The molecule has 1 atom stereocenters. The third kappa shape index (κ3) is 3.17. The van der Waals surface area contributed by atoms with E-state index in [1.807, 2.05) is 24.6 Å². The largest absolute Gasteiger partial charge is 0.487 e. The molecule has 0 spiro atoms. The quantitative estimate of drug-likeness (QED) is 0.914. The minimum Gasteiger partial charge on any atom is -0.487 e. The summed E-state index contributed by atoms with van der Waals surface area (Å²) < 4.78 is 21.3. The van der Waals surface area contributed by atoms with E-state index in [0.29, 0.717) is 17.9 Å². The van der Waals surface area contributed by atoms with E-state index in [4.69, 9.17) is 10.5 Å². The summed E-state index contributed by atoms with van der Waals surface area (Å²) in [7, 11) is 0. The molecule has 0 aliphatic rings. The van der Waals surface area contributed by atoms with Gasteiger partial charge in [0.1, 0.15) is 18.2 Å². The van der Waals surface area contributed by atoms with Gasteiger partial charge in [-0.3, -0.25) is 4.68 Å². The topological polar surface area (TPSA) is 53.1 Å². The van der Waals surface area contributed by atoms with Gasteiger partial charge < -0.3 is 10.5 Å². The lowest BCUT2D eigenvalue weighted by molar-refractivity contribution is 0.291. The fourth-order valence-electron chi connectivity index (χ4n) is 2.11. The van der Waals surface area contributed by atoms with Crippen molar-refractivity contribution in [1.82, 2.24) is 9.78 Å². The second-order valence-electron chi connectivity index (χ2n) is 4.85. The number of nitrogens with zero attached hydrogens (tertiary/aromatic N) is 2. The van der Waals surface area contributed by atoms with Crippen molar-refractivity contribution in [1.29, 1.82) is 0 Å². The molecular weight excluding hydrogens is 257 g/mol. The first-order valence-electron chi connectivity index (χ1n) is 6.72. The van der Waals surface area contributed by atoms with Crippen LogP contribution in [0, 0.1) is 12.7 Å². The Labute approximate surface area is 118 Å². The second kappa shape index (κ2) is 6.05. The standard InChI is InChI=1S/C15H20FN3O/c1-4-19-12(7-10(2)18-19)9-20-13-5-6-14(11(3)17)15(16)8-13/h5-8,11H,4,9,17H2,1-3H3/t11-/m0/s1. The van der Waals surface area contributed by atoms with Crippen molar-refractivity contribution in [2.75, 3.05) is 0 Å². The summed E-state index contributed by atoms with van der Waals surface area (Å²) >= 11 is 0. The molecule has 0 saturated heterocycles. The van der Waals surface area contributed by atoms with Crippen LogP contribution in [0.4, 0.5) is 4.39 Å². The van der Waals surface area contributed by atoms with E-state index >= 15 is 0 Å². The molecule has 0 unspecified atom stereocenters. The zero-order chi connectivity index (χ0) is 14.7. The molecule has 0 fully saturated rings. The van der Waals surface area contributed by atoms with Gasteiger partial charge in [0.2, 0.25) is 0 Å². The first-order chi connectivity index (χ1) is 9.51. The Bertz CT molecular complexity index is 593. The summed E-state index contributed by atoms with van der Waals surface area (Å²) in [6.07, 6.45) is 0. The SMILES string of the molecule is CCn1nc(C)cc1COc1ccc([C@H](C)N)c(F)c1. The number of hydrogen-bond donors (Lipinski definition) is 1. The van der Waals surface area contributed by atoms with Crippen LogP contribution in [-0.2, 0) is 13.2 Å². The van der Waals surface area contributed by atoms with Gasteiger partial charge in [-0.05, 0) is 32.9 Å². The molecule has 2 N–H and O–H groups in total. The average molecular weight is 277 g/mol. The summed E-state index contributed by atoms with van der Waals surface area (Å²) in [6, 6.07) is 6.42. The molecule has 20 heavy (non-hydrogen) atoms. The highest BCUT2D eigenvalue weighted by atomic mass is 19.1. The van der Waals surface area contributed by atoms with Gasteiger partial charge in [-0.25, -0.2) is 4.39 Å². The van der Waals surface area contributed by atoms with Crippen molar-refractivity contribution >= 4 is 0 Å². The van der Waals surface area contributed by atoms with Gasteiger partial charge in [0.05, 0.1) is 11.4 Å². The lowest BCUT2D eigenvalue weighted by Crippen LogP contribution is -2.08. The van der Waals surface area contributed by atoms with Gasteiger partial charge in [-0.1, -0.05) is 6.07 Å². The average Bonchev–Trinajstić information content (AvgIpc) is 2.76. The van der Waals surface area contributed by atoms with Crippen molar-refractivity contribution in [3.63, 3.8) is 0 Å². The van der Waals surface area contributed by atoms with E-state index in [1.54, 1.807) is 19.1 Å². The summed E-state index contributed by atoms with van der Waals surface area (Å²) in [6.45, 7) is 6.86. The number of nitrogens with two attached hydrogens (primary N) is 1. The highest BCUT2D eigenvalue weighted by Gasteiger charge is 2.09. The number of aromatic nitrogens is 2. The zero-order valence-corrected chi connectivity index (χ0v) is 12.1. The predicted octanol–water partition coefficient (Wildman–Crippen LogP) is 2.95. The van der Waals surface area contributed by atoms with Crippen LogP contribution in [0.1, 0.15) is 36.8 Å². The van der Waals surface area contributed by atoms with Crippen LogP contribution in [0.5, 0.6) is 5.75 Å². The number of ether oxygens (including phenoxy) is 1. The third-order valence-electron chi connectivity index (χ3n) is 3.13. The predicted molar refractivity (Wildman–Crippen MR) is 76.0 cm³/mol. The Morgan fingerprint density at radius 1 is 1.40 bits per heavy atom. The molecule has 2 rings (SSSR count). The van der Waals surface area contributed by atoms with Crippen LogP contribution in [-0.4, -0.2) is 9.78 Å². The summed E-state index contributed by atoms with van der Waals surface area (Å²) in [5, 5.41) is 4.34. The number of aryl methyl sites for hydroxylation is 2. The van der Waals surface area contributed by atoms with Crippen LogP contribution in [0.15, 0.2) is 24.3 Å². The van der Waals surface area contributed by atoms with Gasteiger partial charge in [-0.2, -0.15) is 5.10 Å². The molecule has 1 aromatic heterocycles. The highest BCUT2D eigenvalue weighted by Crippen LogP contribution is 2.21. The summed E-state index contributed by atoms with van der Waals surface area (Å²) in [5.74, 6) is 0.158. The molecule has 108 valence electrons. The number of benzene rings is 1. The lowest BCUT2D eigenvalue weighted by Gasteiger charge is -2.11. The number of hydrogen-bond acceptors (Lipinski definition) is 3. The number of halogens is 1. The summed E-state index contributed by atoms with van der Waals surface area (Å²) in [5.41, 5.74) is 8.09. The molecule has 1 aromatic carbocycles. The van der Waals surface area contributed by atoms with Crippen LogP contribution in [0.2, 0.25) is 0 Å². The molecule has 0 aliphatic heterocycles. The molecule has 0 amide bonds. The molecule has 1 heterocycles. The minimum atomic E-state index is -0.335. The van der Waals surface area contributed by atoms with E-state index in [1.165, 1.54) is 6.07 Å². The van der Waals surface area contributed by atoms with Crippen LogP contribution in [0.3, 0.4) is 0 Å². The van der Waals surface area contributed by atoms with Crippen molar-refractivity contribution < 1.29 is 9.13 Å². The van der Waals surface area contributed by atoms with E-state index in [2.05, 4.69) is 5.10 Å². The zero-order valence-electron chi connectivity index (χ0n) is 12.1. The first-order valence-corrected chi connectivity index (χ1v) is 6.72. The Balaban J connectivity index is 2.09. The van der Waals surface area contributed by atoms with Gasteiger partial charge in [0.25, 0.3) is 0 Å². The van der Waals surface area contributed by atoms with Crippen LogP contribution >= 0.6 is 0 Å². The molecule has 0 aliphatic carbocycles. The lowest BCUT2D eigenvalue weighted by atomic mass is 10.1. The maximum atomic E-state index is 13.8. The fourth-order valence-corrected chi connectivity index (χ4v) is 2.11. The smallest absolute Gasteiger partial charge is 0.131 e. The Morgan fingerprint density at radius 3 is 2.75 bits per heavy atom. The van der Waals surface area contributed by atoms with Gasteiger partial charge in [0, 0.05) is 24.2 Å². The van der Waals surface area contributed by atoms with Crippen LogP contribution < -0.4 is 10.5 Å². The van der Waals surface area contributed by atoms with Gasteiger partial charge in [0.15, 0.2) is 0 Å². The van der Waals surface area contributed by atoms with Crippen molar-refractivity contribution in [2.24, 2.45) is 5.73 Å².